The number of rotatable bonds is 9. The third-order valence-corrected chi connectivity index (χ3v) is 2.76. The molecule has 0 fully saturated rings. The van der Waals surface area contributed by atoms with Gasteiger partial charge in [-0.15, -0.1) is 0 Å². The summed E-state index contributed by atoms with van der Waals surface area (Å²) >= 11 is 0. The van der Waals surface area contributed by atoms with Crippen molar-refractivity contribution in [2.24, 2.45) is 0 Å². The molecule has 1 aromatic carbocycles. The van der Waals surface area contributed by atoms with Crippen LogP contribution in [0.1, 0.15) is 26.3 Å². The summed E-state index contributed by atoms with van der Waals surface area (Å²) in [7, 11) is 0. The van der Waals surface area contributed by atoms with E-state index in [9.17, 15) is 0 Å². The van der Waals surface area contributed by atoms with E-state index in [1.165, 1.54) is 5.56 Å². The van der Waals surface area contributed by atoms with E-state index in [0.29, 0.717) is 13.2 Å². The van der Waals surface area contributed by atoms with Crippen LogP contribution in [-0.4, -0.2) is 32.1 Å². The van der Waals surface area contributed by atoms with Crippen LogP contribution in [0.3, 0.4) is 0 Å². The summed E-state index contributed by atoms with van der Waals surface area (Å²) in [6.07, 6.45) is 0.736. The van der Waals surface area contributed by atoms with Crippen LogP contribution in [0.25, 0.3) is 0 Å². The minimum Gasteiger partial charge on any atom is -0.351 e. The van der Waals surface area contributed by atoms with Gasteiger partial charge in [-0.1, -0.05) is 37.3 Å². The Morgan fingerprint density at radius 2 is 1.61 bits per heavy atom. The number of ether oxygens (including phenoxy) is 2. The second-order valence-corrected chi connectivity index (χ2v) is 4.13. The minimum atomic E-state index is -0.180. The Kier molecular flexibility index (Phi) is 7.65. The van der Waals surface area contributed by atoms with E-state index in [0.717, 1.165) is 13.0 Å². The monoisotopic (exact) mass is 251 g/mol. The Morgan fingerprint density at radius 1 is 1.00 bits per heavy atom. The molecule has 0 aromatic heterocycles. The summed E-state index contributed by atoms with van der Waals surface area (Å²) in [4.78, 5) is 0. The molecule has 1 atom stereocenters. The average Bonchev–Trinajstić information content (AvgIpc) is 2.39. The summed E-state index contributed by atoms with van der Waals surface area (Å²) < 4.78 is 11.4. The summed E-state index contributed by atoms with van der Waals surface area (Å²) in [6.45, 7) is 8.35. The summed E-state index contributed by atoms with van der Waals surface area (Å²) in [5.41, 5.74) is 1.30. The lowest BCUT2D eigenvalue weighted by Gasteiger charge is -2.27. The number of benzene rings is 1. The number of hydrogen-bond acceptors (Lipinski definition) is 3. The molecule has 0 saturated heterocycles. The Balaban J connectivity index is 2.66. The third kappa shape index (κ3) is 5.17. The van der Waals surface area contributed by atoms with Gasteiger partial charge in [0.25, 0.3) is 0 Å². The van der Waals surface area contributed by atoms with Gasteiger partial charge in [0.05, 0.1) is 6.04 Å². The van der Waals surface area contributed by atoms with E-state index in [1.54, 1.807) is 0 Å². The molecule has 3 nitrogen and oxygen atoms in total. The lowest BCUT2D eigenvalue weighted by molar-refractivity contribution is -0.153. The van der Waals surface area contributed by atoms with Crippen LogP contribution in [0.15, 0.2) is 30.3 Å². The average molecular weight is 251 g/mol. The third-order valence-electron chi connectivity index (χ3n) is 2.76. The van der Waals surface area contributed by atoms with Gasteiger partial charge in [-0.05, 0) is 32.4 Å². The van der Waals surface area contributed by atoms with Gasteiger partial charge < -0.3 is 14.8 Å². The molecule has 0 radical (unpaired) electrons. The van der Waals surface area contributed by atoms with Crippen molar-refractivity contribution < 1.29 is 9.47 Å². The fourth-order valence-electron chi connectivity index (χ4n) is 2.00. The molecule has 3 heteroatoms. The van der Waals surface area contributed by atoms with Gasteiger partial charge in [-0.25, -0.2) is 0 Å². The van der Waals surface area contributed by atoms with Crippen LogP contribution in [-0.2, 0) is 15.9 Å². The largest absolute Gasteiger partial charge is 0.351 e. The number of nitrogens with one attached hydrogen (secondary N) is 1. The SMILES string of the molecule is CCNC(Cc1ccccc1)C(OCC)OCC. The highest BCUT2D eigenvalue weighted by Crippen LogP contribution is 2.10. The lowest BCUT2D eigenvalue weighted by Crippen LogP contribution is -2.44. The molecule has 1 aromatic rings. The quantitative estimate of drug-likeness (QED) is 0.684. The van der Waals surface area contributed by atoms with Crippen molar-refractivity contribution in [1.29, 1.82) is 0 Å². The first kappa shape index (κ1) is 15.2. The molecule has 0 aliphatic heterocycles. The molecule has 0 heterocycles. The zero-order valence-corrected chi connectivity index (χ0v) is 11.7. The molecule has 0 aliphatic carbocycles. The highest BCUT2D eigenvalue weighted by molar-refractivity contribution is 5.16. The molecule has 0 spiro atoms. The zero-order valence-electron chi connectivity index (χ0n) is 11.7. The van der Waals surface area contributed by atoms with Crippen molar-refractivity contribution in [1.82, 2.24) is 5.32 Å². The second kappa shape index (κ2) is 9.09. The van der Waals surface area contributed by atoms with Crippen LogP contribution in [0.4, 0.5) is 0 Å². The van der Waals surface area contributed by atoms with Crippen molar-refractivity contribution >= 4 is 0 Å². The molecule has 1 rings (SSSR count). The molecule has 18 heavy (non-hydrogen) atoms. The van der Waals surface area contributed by atoms with Crippen molar-refractivity contribution in [2.75, 3.05) is 19.8 Å². The maximum absolute atomic E-state index is 5.68. The Bertz CT molecular complexity index is 297. The van der Waals surface area contributed by atoms with Gasteiger partial charge in [0.15, 0.2) is 6.29 Å². The van der Waals surface area contributed by atoms with Gasteiger partial charge in [0.2, 0.25) is 0 Å². The van der Waals surface area contributed by atoms with Gasteiger partial charge >= 0.3 is 0 Å². The maximum Gasteiger partial charge on any atom is 0.172 e. The fourth-order valence-corrected chi connectivity index (χ4v) is 2.00. The van der Waals surface area contributed by atoms with Crippen LogP contribution in [0.2, 0.25) is 0 Å². The van der Waals surface area contributed by atoms with E-state index < -0.39 is 0 Å². The second-order valence-electron chi connectivity index (χ2n) is 4.13. The summed E-state index contributed by atoms with van der Waals surface area (Å²) in [6, 6.07) is 10.6. The van der Waals surface area contributed by atoms with Gasteiger partial charge in [0.1, 0.15) is 0 Å². The summed E-state index contributed by atoms with van der Waals surface area (Å²) in [5.74, 6) is 0. The topological polar surface area (TPSA) is 30.5 Å². The first-order valence-corrected chi connectivity index (χ1v) is 6.82. The zero-order chi connectivity index (χ0) is 13.2. The van der Waals surface area contributed by atoms with E-state index in [1.807, 2.05) is 19.9 Å². The highest BCUT2D eigenvalue weighted by Gasteiger charge is 2.21. The van der Waals surface area contributed by atoms with E-state index >= 15 is 0 Å². The normalized spacial score (nSPS) is 12.9. The Morgan fingerprint density at radius 3 is 2.11 bits per heavy atom. The summed E-state index contributed by atoms with van der Waals surface area (Å²) in [5, 5.41) is 3.45. The molecule has 0 aliphatic rings. The predicted octanol–water partition coefficient (Wildman–Crippen LogP) is 2.61. The molecule has 0 amide bonds. The van der Waals surface area contributed by atoms with Crippen LogP contribution in [0, 0.1) is 0 Å². The first-order chi connectivity index (χ1) is 8.81. The highest BCUT2D eigenvalue weighted by atomic mass is 16.7. The smallest absolute Gasteiger partial charge is 0.172 e. The molecule has 1 unspecified atom stereocenters. The van der Waals surface area contributed by atoms with Gasteiger partial charge in [-0.3, -0.25) is 0 Å². The Labute approximate surface area is 110 Å². The number of likely N-dealkylation sites (N-methyl/N-ethyl adjacent to an activating group) is 1. The van der Waals surface area contributed by atoms with Crippen LogP contribution < -0.4 is 5.32 Å². The predicted molar refractivity (Wildman–Crippen MR) is 74.7 cm³/mol. The maximum atomic E-state index is 5.68. The molecule has 0 saturated carbocycles. The Hall–Kier alpha value is -0.900. The van der Waals surface area contributed by atoms with Crippen molar-refractivity contribution in [2.45, 2.75) is 39.5 Å². The molecular formula is C15H25NO2. The molecular weight excluding hydrogens is 226 g/mol. The lowest BCUT2D eigenvalue weighted by atomic mass is 10.1. The fraction of sp³-hybridized carbons (Fsp3) is 0.600. The van der Waals surface area contributed by atoms with Gasteiger partial charge in [0, 0.05) is 13.2 Å². The van der Waals surface area contributed by atoms with Crippen molar-refractivity contribution in [3.63, 3.8) is 0 Å². The van der Waals surface area contributed by atoms with Gasteiger partial charge in [-0.2, -0.15) is 0 Å². The van der Waals surface area contributed by atoms with Crippen molar-refractivity contribution in [3.8, 4) is 0 Å². The minimum absolute atomic E-state index is 0.180. The van der Waals surface area contributed by atoms with Crippen molar-refractivity contribution in [3.05, 3.63) is 35.9 Å². The van der Waals surface area contributed by atoms with E-state index in [4.69, 9.17) is 9.47 Å². The van der Waals surface area contributed by atoms with E-state index in [2.05, 4.69) is 36.5 Å². The number of hydrogen-bond donors (Lipinski definition) is 1. The molecule has 102 valence electrons. The first-order valence-electron chi connectivity index (χ1n) is 6.82. The van der Waals surface area contributed by atoms with Crippen LogP contribution >= 0.6 is 0 Å². The molecule has 1 N–H and O–H groups in total. The standard InChI is InChI=1S/C15H25NO2/c1-4-16-14(15(17-5-2)18-6-3)12-13-10-8-7-9-11-13/h7-11,14-16H,4-6,12H2,1-3H3. The molecule has 0 bridgehead atoms. The van der Waals surface area contributed by atoms with Crippen LogP contribution in [0.5, 0.6) is 0 Å². The van der Waals surface area contributed by atoms with E-state index in [-0.39, 0.29) is 12.3 Å².